The van der Waals surface area contributed by atoms with Gasteiger partial charge in [-0.1, -0.05) is 24.3 Å². The highest BCUT2D eigenvalue weighted by atomic mass is 16.2. The molecule has 2 aromatic rings. The summed E-state index contributed by atoms with van der Waals surface area (Å²) in [5, 5.41) is 6.85. The van der Waals surface area contributed by atoms with E-state index in [4.69, 9.17) is 0 Å². The fourth-order valence-corrected chi connectivity index (χ4v) is 2.33. The minimum atomic E-state index is -0.285. The highest BCUT2D eigenvalue weighted by Gasteiger charge is 2.09. The number of rotatable bonds is 5. The van der Waals surface area contributed by atoms with Crippen LogP contribution in [0.1, 0.15) is 40.4 Å². The van der Waals surface area contributed by atoms with E-state index in [9.17, 15) is 9.59 Å². The topological polar surface area (TPSA) is 70.6 Å². The normalized spacial score (nSPS) is 11.1. The van der Waals surface area contributed by atoms with Gasteiger partial charge in [0.2, 0.25) is 5.91 Å². The molecule has 0 radical (unpaired) electrons. The number of aryl methyl sites for hydroxylation is 3. The summed E-state index contributed by atoms with van der Waals surface area (Å²) in [7, 11) is 0. The summed E-state index contributed by atoms with van der Waals surface area (Å²) in [5.41, 5.74) is 7.52. The molecular formula is C20H23N3O2. The van der Waals surface area contributed by atoms with Crippen LogP contribution in [0.4, 0.5) is 5.69 Å². The number of benzene rings is 2. The van der Waals surface area contributed by atoms with Crippen molar-refractivity contribution in [3.05, 3.63) is 64.7 Å². The van der Waals surface area contributed by atoms with Gasteiger partial charge in [0.15, 0.2) is 0 Å². The second-order valence-electron chi connectivity index (χ2n) is 6.13. The van der Waals surface area contributed by atoms with Gasteiger partial charge in [-0.05, 0) is 62.6 Å². The number of carbonyl (C=O) groups is 2. The average molecular weight is 337 g/mol. The van der Waals surface area contributed by atoms with Crippen molar-refractivity contribution in [2.45, 2.75) is 34.1 Å². The highest BCUT2D eigenvalue weighted by molar-refractivity contribution is 6.06. The molecule has 0 unspecified atom stereocenters. The maximum Gasteiger partial charge on any atom is 0.271 e. The molecule has 2 aromatic carbocycles. The van der Waals surface area contributed by atoms with E-state index < -0.39 is 0 Å². The molecule has 0 saturated carbocycles. The predicted octanol–water partition coefficient (Wildman–Crippen LogP) is 3.75. The first kappa shape index (κ1) is 18.4. The van der Waals surface area contributed by atoms with Crippen molar-refractivity contribution >= 4 is 23.2 Å². The third-order valence-corrected chi connectivity index (χ3v) is 3.95. The maximum absolute atomic E-state index is 12.1. The number of hydrazone groups is 1. The Bertz CT molecular complexity index is 825. The standard InChI is InChI=1S/C20H23N3O2/c1-13-9-10-17(11-15(13)3)21-19(24)12-16(4)22-23-20(25)18-8-6-5-7-14(18)2/h5-11H,12H2,1-4H3,(H,21,24)(H,23,25)/b22-16+. The van der Waals surface area contributed by atoms with Crippen molar-refractivity contribution in [3.8, 4) is 0 Å². The molecule has 0 aliphatic rings. The largest absolute Gasteiger partial charge is 0.326 e. The van der Waals surface area contributed by atoms with E-state index in [1.54, 1.807) is 19.1 Å². The van der Waals surface area contributed by atoms with Gasteiger partial charge in [-0.15, -0.1) is 0 Å². The summed E-state index contributed by atoms with van der Waals surface area (Å²) in [6.07, 6.45) is 0.112. The molecule has 0 saturated heterocycles. The van der Waals surface area contributed by atoms with Crippen LogP contribution in [0.25, 0.3) is 0 Å². The van der Waals surface area contributed by atoms with Crippen molar-refractivity contribution in [2.75, 3.05) is 5.32 Å². The van der Waals surface area contributed by atoms with Crippen LogP contribution in [0.15, 0.2) is 47.6 Å². The zero-order valence-electron chi connectivity index (χ0n) is 15.0. The molecular weight excluding hydrogens is 314 g/mol. The Hall–Kier alpha value is -2.95. The zero-order valence-corrected chi connectivity index (χ0v) is 15.0. The molecule has 0 spiro atoms. The second-order valence-corrected chi connectivity index (χ2v) is 6.13. The lowest BCUT2D eigenvalue weighted by molar-refractivity contribution is -0.115. The van der Waals surface area contributed by atoms with Gasteiger partial charge in [0.1, 0.15) is 0 Å². The quantitative estimate of drug-likeness (QED) is 0.644. The summed E-state index contributed by atoms with van der Waals surface area (Å²) in [4.78, 5) is 24.2. The van der Waals surface area contributed by atoms with Crippen LogP contribution in [0.3, 0.4) is 0 Å². The van der Waals surface area contributed by atoms with Gasteiger partial charge >= 0.3 is 0 Å². The molecule has 5 heteroatoms. The molecule has 0 bridgehead atoms. The molecule has 130 valence electrons. The molecule has 0 atom stereocenters. The Morgan fingerprint density at radius 2 is 1.68 bits per heavy atom. The molecule has 2 rings (SSSR count). The number of carbonyl (C=O) groups excluding carboxylic acids is 2. The molecule has 25 heavy (non-hydrogen) atoms. The maximum atomic E-state index is 12.1. The Balaban J connectivity index is 1.92. The van der Waals surface area contributed by atoms with Crippen LogP contribution in [-0.4, -0.2) is 17.5 Å². The Morgan fingerprint density at radius 1 is 0.960 bits per heavy atom. The van der Waals surface area contributed by atoms with Crippen LogP contribution < -0.4 is 10.7 Å². The average Bonchev–Trinajstić information content (AvgIpc) is 2.56. The summed E-state index contributed by atoms with van der Waals surface area (Å²) in [6.45, 7) is 7.59. The van der Waals surface area contributed by atoms with E-state index in [1.165, 1.54) is 5.56 Å². The second kappa shape index (κ2) is 8.24. The smallest absolute Gasteiger partial charge is 0.271 e. The van der Waals surface area contributed by atoms with Crippen LogP contribution in [0, 0.1) is 20.8 Å². The molecule has 0 aliphatic heterocycles. The third-order valence-electron chi connectivity index (χ3n) is 3.95. The number of nitrogens with zero attached hydrogens (tertiary/aromatic N) is 1. The fourth-order valence-electron chi connectivity index (χ4n) is 2.33. The number of hydrogen-bond acceptors (Lipinski definition) is 3. The van der Waals surface area contributed by atoms with Crippen molar-refractivity contribution in [2.24, 2.45) is 5.10 Å². The number of amides is 2. The van der Waals surface area contributed by atoms with Gasteiger partial charge in [0, 0.05) is 17.0 Å². The third kappa shape index (κ3) is 5.28. The van der Waals surface area contributed by atoms with E-state index in [0.29, 0.717) is 11.3 Å². The summed E-state index contributed by atoms with van der Waals surface area (Å²) < 4.78 is 0. The Labute approximate surface area is 148 Å². The summed E-state index contributed by atoms with van der Waals surface area (Å²) in [5.74, 6) is -0.457. The van der Waals surface area contributed by atoms with E-state index in [2.05, 4.69) is 15.8 Å². The molecule has 2 N–H and O–H groups in total. The van der Waals surface area contributed by atoms with Crippen molar-refractivity contribution in [3.63, 3.8) is 0 Å². The first-order valence-corrected chi connectivity index (χ1v) is 8.13. The van der Waals surface area contributed by atoms with Gasteiger partial charge in [-0.25, -0.2) is 5.43 Å². The van der Waals surface area contributed by atoms with Crippen LogP contribution in [0.2, 0.25) is 0 Å². The lowest BCUT2D eigenvalue weighted by Crippen LogP contribution is -2.22. The van der Waals surface area contributed by atoms with Gasteiger partial charge in [-0.2, -0.15) is 5.10 Å². The van der Waals surface area contributed by atoms with Gasteiger partial charge in [-0.3, -0.25) is 9.59 Å². The molecule has 0 fully saturated rings. The van der Waals surface area contributed by atoms with Crippen molar-refractivity contribution in [1.29, 1.82) is 0 Å². The summed E-state index contributed by atoms with van der Waals surface area (Å²) >= 11 is 0. The molecule has 2 amide bonds. The van der Waals surface area contributed by atoms with Gasteiger partial charge in [0.05, 0.1) is 6.42 Å². The SMILES string of the molecule is C/C(CC(=O)Nc1ccc(C)c(C)c1)=N\NC(=O)c1ccccc1C. The molecule has 0 heterocycles. The Kier molecular flexibility index (Phi) is 6.06. The zero-order chi connectivity index (χ0) is 18.4. The van der Waals surface area contributed by atoms with Crippen LogP contribution >= 0.6 is 0 Å². The van der Waals surface area contributed by atoms with Crippen molar-refractivity contribution < 1.29 is 9.59 Å². The number of anilines is 1. The predicted molar refractivity (Wildman–Crippen MR) is 101 cm³/mol. The van der Waals surface area contributed by atoms with E-state index in [0.717, 1.165) is 16.8 Å². The van der Waals surface area contributed by atoms with E-state index >= 15 is 0 Å². The lowest BCUT2D eigenvalue weighted by atomic mass is 10.1. The van der Waals surface area contributed by atoms with Gasteiger partial charge < -0.3 is 5.32 Å². The van der Waals surface area contributed by atoms with Crippen LogP contribution in [0.5, 0.6) is 0 Å². The lowest BCUT2D eigenvalue weighted by Gasteiger charge is -2.08. The monoisotopic (exact) mass is 337 g/mol. The fraction of sp³-hybridized carbons (Fsp3) is 0.250. The number of nitrogens with one attached hydrogen (secondary N) is 2. The summed E-state index contributed by atoms with van der Waals surface area (Å²) in [6, 6.07) is 13.0. The minimum Gasteiger partial charge on any atom is -0.326 e. The molecule has 0 aromatic heterocycles. The van der Waals surface area contributed by atoms with Crippen molar-refractivity contribution in [1.82, 2.24) is 5.43 Å². The van der Waals surface area contributed by atoms with Crippen LogP contribution in [-0.2, 0) is 4.79 Å². The molecule has 0 aliphatic carbocycles. The Morgan fingerprint density at radius 3 is 2.36 bits per heavy atom. The minimum absolute atomic E-state index is 0.112. The first-order chi connectivity index (χ1) is 11.9. The van der Waals surface area contributed by atoms with E-state index in [1.807, 2.05) is 51.1 Å². The number of hydrogen-bond donors (Lipinski definition) is 2. The van der Waals surface area contributed by atoms with E-state index in [-0.39, 0.29) is 18.2 Å². The first-order valence-electron chi connectivity index (χ1n) is 8.13. The van der Waals surface area contributed by atoms with Gasteiger partial charge in [0.25, 0.3) is 5.91 Å². The highest BCUT2D eigenvalue weighted by Crippen LogP contribution is 2.14. The molecule has 5 nitrogen and oxygen atoms in total.